The van der Waals surface area contributed by atoms with Crippen LogP contribution in [-0.2, 0) is 25.5 Å². The fraction of sp³-hybridized carbons (Fsp3) is 0.529. The number of hydrogen-bond acceptors (Lipinski definition) is 7. The fourth-order valence-corrected chi connectivity index (χ4v) is 10.3. The SMILES string of the molecule is Cc1ccccc1Cc1ccc([C@@H]2O[C@@H]3C[C@H]4[C@@H]5C[C@H](F)C6=CC(=O)C=C[C@]6(C)[C@@]5(F)[C@@H](O)C[C@]4(C)[C@]3(C(=O)CO)O2)s1. The Morgan fingerprint density at radius 2 is 1.91 bits per heavy atom. The molecule has 0 spiro atoms. The Labute approximate surface area is 253 Å². The Hall–Kier alpha value is -2.56. The van der Waals surface area contributed by atoms with Crippen LogP contribution in [0.2, 0.25) is 0 Å². The van der Waals surface area contributed by atoms with Crippen molar-refractivity contribution in [3.8, 4) is 0 Å². The summed E-state index contributed by atoms with van der Waals surface area (Å²) in [7, 11) is 0. The maximum absolute atomic E-state index is 17.5. The van der Waals surface area contributed by atoms with Crippen LogP contribution in [0.4, 0.5) is 8.78 Å². The molecule has 4 fully saturated rings. The first-order valence-corrected chi connectivity index (χ1v) is 15.8. The van der Waals surface area contributed by atoms with Crippen molar-refractivity contribution in [2.75, 3.05) is 6.61 Å². The van der Waals surface area contributed by atoms with Crippen molar-refractivity contribution < 1.29 is 38.1 Å². The molecule has 0 radical (unpaired) electrons. The number of thiophene rings is 1. The van der Waals surface area contributed by atoms with Gasteiger partial charge in [-0.15, -0.1) is 11.3 Å². The number of hydrogen-bond donors (Lipinski definition) is 2. The number of halogens is 2. The second-order valence-corrected chi connectivity index (χ2v) is 14.6. The summed E-state index contributed by atoms with van der Waals surface area (Å²) in [5.41, 5.74) is -4.13. The van der Waals surface area contributed by atoms with Crippen molar-refractivity contribution in [1.29, 1.82) is 0 Å². The highest BCUT2D eigenvalue weighted by Gasteiger charge is 2.80. The first kappa shape index (κ1) is 29.2. The van der Waals surface area contributed by atoms with Gasteiger partial charge in [0.2, 0.25) is 0 Å². The Kier molecular flexibility index (Phi) is 6.59. The number of aliphatic hydroxyl groups excluding tert-OH is 2. The summed E-state index contributed by atoms with van der Waals surface area (Å²) in [6.45, 7) is 4.60. The lowest BCUT2D eigenvalue weighted by molar-refractivity contribution is -0.234. The van der Waals surface area contributed by atoms with Gasteiger partial charge in [-0.05, 0) is 80.0 Å². The van der Waals surface area contributed by atoms with Crippen LogP contribution in [0.3, 0.4) is 0 Å². The zero-order chi connectivity index (χ0) is 30.5. The van der Waals surface area contributed by atoms with Crippen molar-refractivity contribution in [3.63, 3.8) is 0 Å². The predicted molar refractivity (Wildman–Crippen MR) is 156 cm³/mol. The summed E-state index contributed by atoms with van der Waals surface area (Å²) in [5.74, 6) is -2.54. The summed E-state index contributed by atoms with van der Waals surface area (Å²) >= 11 is 1.52. The number of carbonyl (C=O) groups is 2. The third kappa shape index (κ3) is 3.75. The molecule has 1 aliphatic heterocycles. The maximum Gasteiger partial charge on any atom is 0.194 e. The third-order valence-electron chi connectivity index (χ3n) is 11.5. The van der Waals surface area contributed by atoms with E-state index in [9.17, 15) is 19.8 Å². The van der Waals surface area contributed by atoms with Gasteiger partial charge in [0.25, 0.3) is 0 Å². The number of benzene rings is 1. The average molecular weight is 611 g/mol. The van der Waals surface area contributed by atoms with E-state index >= 15 is 8.78 Å². The molecule has 1 aromatic heterocycles. The van der Waals surface area contributed by atoms with Gasteiger partial charge >= 0.3 is 0 Å². The second-order valence-electron chi connectivity index (χ2n) is 13.4. The molecule has 1 aromatic carbocycles. The van der Waals surface area contributed by atoms with Gasteiger partial charge < -0.3 is 19.7 Å². The largest absolute Gasteiger partial charge is 0.390 e. The van der Waals surface area contributed by atoms with Crippen molar-refractivity contribution in [1.82, 2.24) is 0 Å². The minimum atomic E-state index is -2.28. The zero-order valence-corrected chi connectivity index (χ0v) is 25.2. The monoisotopic (exact) mass is 610 g/mol. The van der Waals surface area contributed by atoms with Crippen LogP contribution in [-0.4, -0.2) is 58.0 Å². The van der Waals surface area contributed by atoms with E-state index in [1.807, 2.05) is 24.3 Å². The van der Waals surface area contributed by atoms with E-state index in [0.717, 1.165) is 22.3 Å². The maximum atomic E-state index is 17.5. The molecule has 4 aliphatic carbocycles. The number of carbonyl (C=O) groups excluding carboxylic acids is 2. The molecular formula is C34H36F2O6S. The van der Waals surface area contributed by atoms with E-state index < -0.39 is 76.8 Å². The second kappa shape index (κ2) is 9.72. The van der Waals surface area contributed by atoms with Crippen LogP contribution in [0.15, 0.2) is 60.2 Å². The van der Waals surface area contributed by atoms with E-state index in [0.29, 0.717) is 0 Å². The molecule has 2 N–H and O–H groups in total. The molecule has 2 aromatic rings. The lowest BCUT2D eigenvalue weighted by Gasteiger charge is -2.63. The number of rotatable bonds is 5. The average Bonchev–Trinajstić information content (AvgIpc) is 3.65. The molecular weight excluding hydrogens is 574 g/mol. The molecule has 1 saturated heterocycles. The number of fused-ring (bicyclic) bond motifs is 7. The first-order chi connectivity index (χ1) is 20.4. The Balaban J connectivity index is 1.23. The summed E-state index contributed by atoms with van der Waals surface area (Å²) in [6, 6.07) is 12.1. The zero-order valence-electron chi connectivity index (χ0n) is 24.4. The van der Waals surface area contributed by atoms with E-state index in [4.69, 9.17) is 9.47 Å². The van der Waals surface area contributed by atoms with Crippen LogP contribution in [0.25, 0.3) is 0 Å². The van der Waals surface area contributed by atoms with Crippen molar-refractivity contribution >= 4 is 22.9 Å². The number of alkyl halides is 2. The molecule has 7 rings (SSSR count). The van der Waals surface area contributed by atoms with Gasteiger partial charge in [0.05, 0.1) is 17.1 Å². The molecule has 9 heteroatoms. The van der Waals surface area contributed by atoms with Gasteiger partial charge in [0, 0.05) is 28.0 Å². The lowest BCUT2D eigenvalue weighted by atomic mass is 9.44. The van der Waals surface area contributed by atoms with Crippen LogP contribution in [0.5, 0.6) is 0 Å². The third-order valence-corrected chi connectivity index (χ3v) is 12.6. The Morgan fingerprint density at radius 3 is 2.65 bits per heavy atom. The molecule has 0 bridgehead atoms. The number of allylic oxidation sites excluding steroid dienone is 4. The highest BCUT2D eigenvalue weighted by atomic mass is 32.1. The van der Waals surface area contributed by atoms with Crippen molar-refractivity contribution in [2.45, 2.75) is 82.4 Å². The number of aryl methyl sites for hydroxylation is 1. The van der Waals surface area contributed by atoms with Crippen LogP contribution in [0.1, 0.15) is 60.3 Å². The molecule has 6 nitrogen and oxygen atoms in total. The van der Waals surface area contributed by atoms with Crippen molar-refractivity contribution in [2.24, 2.45) is 22.7 Å². The van der Waals surface area contributed by atoms with Gasteiger partial charge in [-0.3, -0.25) is 9.59 Å². The van der Waals surface area contributed by atoms with Crippen LogP contribution >= 0.6 is 11.3 Å². The number of ketones is 2. The summed E-state index contributed by atoms with van der Waals surface area (Å²) < 4.78 is 46.4. The molecule has 5 aliphatic rings. The Bertz CT molecular complexity index is 1570. The standard InChI is InChI=1S/C34H36F2O6S/c1-18-6-4-5-7-19(18)12-21-8-9-26(43-21)30-41-29-15-22-23-14-25(35)24-13-20(38)10-11-31(24,2)33(23,36)27(39)16-32(22,3)34(29,42-30)28(40)17-37/h4-11,13,22-23,25,27,29-30,37,39H,12,14-17H2,1-3H3/t22-,23-,25-,27-,29+,30+,31-,32-,33-,34+/m0/s1. The molecule has 2 heterocycles. The fourth-order valence-electron chi connectivity index (χ4n) is 9.31. The van der Waals surface area contributed by atoms with Crippen molar-refractivity contribution in [3.05, 3.63) is 81.1 Å². The molecule has 3 saturated carbocycles. The van der Waals surface area contributed by atoms with Gasteiger partial charge in [0.15, 0.2) is 29.1 Å². The number of ether oxygens (including phenoxy) is 2. The summed E-state index contributed by atoms with van der Waals surface area (Å²) in [5, 5.41) is 21.8. The normalized spacial score (nSPS) is 43.0. The van der Waals surface area contributed by atoms with E-state index in [-0.39, 0.29) is 24.8 Å². The highest BCUT2D eigenvalue weighted by Crippen LogP contribution is 2.72. The van der Waals surface area contributed by atoms with E-state index in [1.165, 1.54) is 34.6 Å². The van der Waals surface area contributed by atoms with Gasteiger partial charge in [-0.1, -0.05) is 37.3 Å². The Morgan fingerprint density at radius 1 is 1.14 bits per heavy atom. The smallest absolute Gasteiger partial charge is 0.194 e. The highest BCUT2D eigenvalue weighted by molar-refractivity contribution is 7.12. The minimum absolute atomic E-state index is 0.0486. The lowest BCUT2D eigenvalue weighted by Crippen LogP contribution is -2.70. The van der Waals surface area contributed by atoms with Crippen LogP contribution < -0.4 is 0 Å². The molecule has 228 valence electrons. The summed E-state index contributed by atoms with van der Waals surface area (Å²) in [4.78, 5) is 27.7. The minimum Gasteiger partial charge on any atom is -0.390 e. The first-order valence-electron chi connectivity index (χ1n) is 15.0. The van der Waals surface area contributed by atoms with Crippen LogP contribution in [0, 0.1) is 29.6 Å². The molecule has 0 unspecified atom stereocenters. The van der Waals surface area contributed by atoms with E-state index in [1.54, 1.807) is 13.8 Å². The molecule has 0 amide bonds. The molecule has 43 heavy (non-hydrogen) atoms. The number of Topliss-reactive ketones (excluding diaryl/α,β-unsaturated/α-hetero) is 1. The van der Waals surface area contributed by atoms with Gasteiger partial charge in [-0.2, -0.15) is 0 Å². The molecule has 10 atom stereocenters. The quantitative estimate of drug-likeness (QED) is 0.478. The van der Waals surface area contributed by atoms with Gasteiger partial charge in [-0.25, -0.2) is 8.78 Å². The topological polar surface area (TPSA) is 93.1 Å². The number of aliphatic hydroxyl groups is 2. The predicted octanol–water partition coefficient (Wildman–Crippen LogP) is 5.29. The van der Waals surface area contributed by atoms with E-state index in [2.05, 4.69) is 19.1 Å². The summed E-state index contributed by atoms with van der Waals surface area (Å²) in [6.07, 6.45) is -0.472. The van der Waals surface area contributed by atoms with Gasteiger partial charge in [0.1, 0.15) is 12.8 Å².